The second-order valence-corrected chi connectivity index (χ2v) is 8.12. The lowest BCUT2D eigenvalue weighted by Gasteiger charge is -2.16. The highest BCUT2D eigenvalue weighted by Crippen LogP contribution is 2.37. The molecule has 188 valence electrons. The minimum absolute atomic E-state index is 0.0148. The fourth-order valence-corrected chi connectivity index (χ4v) is 4.02. The van der Waals surface area contributed by atoms with Gasteiger partial charge in [0.05, 0.1) is 12.1 Å². The zero-order chi connectivity index (χ0) is 26.2. The lowest BCUT2D eigenvalue weighted by Crippen LogP contribution is -2.32. The highest BCUT2D eigenvalue weighted by Gasteiger charge is 2.37. The fraction of sp³-hybridized carbons (Fsp3) is 0.250. The first-order chi connectivity index (χ1) is 16.9. The van der Waals surface area contributed by atoms with Crippen molar-refractivity contribution in [3.63, 3.8) is 0 Å². The molecule has 1 saturated heterocycles. The molecule has 9 nitrogen and oxygen atoms in total. The third kappa shape index (κ3) is 5.02. The molecule has 2 heterocycles. The molecule has 2 aromatic carbocycles. The number of rotatable bonds is 6. The molecule has 4 rings (SSSR count). The topological polar surface area (TPSA) is 126 Å². The molecule has 1 aliphatic rings. The maximum atomic E-state index is 13.4. The molecule has 0 saturated carbocycles. The molecule has 36 heavy (non-hydrogen) atoms. The minimum Gasteiger partial charge on any atom is -0.479 e. The van der Waals surface area contributed by atoms with Gasteiger partial charge in [0.1, 0.15) is 6.10 Å². The number of aromatic amines is 1. The number of alkyl halides is 3. The first-order valence-corrected chi connectivity index (χ1v) is 10.7. The van der Waals surface area contributed by atoms with Crippen molar-refractivity contribution >= 4 is 34.5 Å². The maximum absolute atomic E-state index is 13.4. The number of aromatic nitrogens is 1. The smallest absolute Gasteiger partial charge is 0.417 e. The van der Waals surface area contributed by atoms with Crippen LogP contribution in [0.25, 0.3) is 22.0 Å². The summed E-state index contributed by atoms with van der Waals surface area (Å²) in [4.78, 5) is 51.3. The molecule has 0 spiro atoms. The first-order valence-electron chi connectivity index (χ1n) is 10.7. The Labute approximate surface area is 201 Å². The number of esters is 1. The number of amides is 1. The van der Waals surface area contributed by atoms with Crippen LogP contribution in [0.5, 0.6) is 0 Å². The Bertz CT molecular complexity index is 1420. The number of ether oxygens (including phenoxy) is 2. The number of hydrogen-bond acceptors (Lipinski definition) is 6. The van der Waals surface area contributed by atoms with Crippen LogP contribution in [0.4, 0.5) is 23.7 Å². The number of carbonyl (C=O) groups is 3. The summed E-state index contributed by atoms with van der Waals surface area (Å²) < 4.78 is 50.2. The van der Waals surface area contributed by atoms with Gasteiger partial charge in [-0.25, -0.2) is 9.59 Å². The highest BCUT2D eigenvalue weighted by atomic mass is 19.4. The van der Waals surface area contributed by atoms with Crippen LogP contribution in [-0.2, 0) is 25.2 Å². The van der Waals surface area contributed by atoms with Gasteiger partial charge in [0.25, 0.3) is 5.56 Å². The van der Waals surface area contributed by atoms with Crippen molar-refractivity contribution < 1.29 is 42.1 Å². The number of carboxylic acid groups (broad SMARTS) is 1. The summed E-state index contributed by atoms with van der Waals surface area (Å²) >= 11 is 0. The summed E-state index contributed by atoms with van der Waals surface area (Å²) in [6, 6.07) is 10.6. The Hall–Kier alpha value is -4.35. The van der Waals surface area contributed by atoms with Gasteiger partial charge in [-0.3, -0.25) is 14.5 Å². The molecule has 1 aliphatic heterocycles. The fourth-order valence-electron chi connectivity index (χ4n) is 4.02. The van der Waals surface area contributed by atoms with Gasteiger partial charge in [-0.2, -0.15) is 13.2 Å². The van der Waals surface area contributed by atoms with Crippen LogP contribution in [0.3, 0.4) is 0 Å². The van der Waals surface area contributed by atoms with E-state index >= 15 is 0 Å². The molecule has 0 aliphatic carbocycles. The van der Waals surface area contributed by atoms with E-state index in [9.17, 15) is 37.5 Å². The van der Waals surface area contributed by atoms with Crippen LogP contribution in [0.2, 0.25) is 0 Å². The molecule has 1 aromatic heterocycles. The van der Waals surface area contributed by atoms with Gasteiger partial charge in [0, 0.05) is 35.7 Å². The SMILES string of the molecule is CC(=O)O[C@@H](CC1CN(c2ccc3cc(-c4ccccc4C(F)(F)F)[nH]c(=O)c3c2)C(=O)O1)C(=O)O. The van der Waals surface area contributed by atoms with Crippen molar-refractivity contribution in [1.82, 2.24) is 4.98 Å². The number of nitrogens with zero attached hydrogens (tertiary/aromatic N) is 1. The Morgan fingerprint density at radius 1 is 1.19 bits per heavy atom. The first kappa shape index (κ1) is 24.8. The third-order valence-corrected chi connectivity index (χ3v) is 5.60. The Balaban J connectivity index is 1.62. The van der Waals surface area contributed by atoms with E-state index in [0.717, 1.165) is 13.0 Å². The molecule has 3 aromatic rings. The second-order valence-electron chi connectivity index (χ2n) is 8.12. The second kappa shape index (κ2) is 9.36. The molecule has 2 atom stereocenters. The van der Waals surface area contributed by atoms with Crippen LogP contribution >= 0.6 is 0 Å². The van der Waals surface area contributed by atoms with Gasteiger partial charge >= 0.3 is 24.2 Å². The average molecular weight is 504 g/mol. The number of carboxylic acids is 1. The van der Waals surface area contributed by atoms with Gasteiger partial charge in [-0.1, -0.05) is 24.3 Å². The predicted molar refractivity (Wildman–Crippen MR) is 120 cm³/mol. The summed E-state index contributed by atoms with van der Waals surface area (Å²) in [6.45, 7) is 0.993. The van der Waals surface area contributed by atoms with E-state index in [4.69, 9.17) is 9.47 Å². The van der Waals surface area contributed by atoms with Gasteiger partial charge in [0.2, 0.25) is 6.10 Å². The van der Waals surface area contributed by atoms with Crippen molar-refractivity contribution in [3.05, 3.63) is 64.4 Å². The normalized spacial score (nSPS) is 16.6. The molecule has 1 fully saturated rings. The van der Waals surface area contributed by atoms with Crippen molar-refractivity contribution in [1.29, 1.82) is 0 Å². The number of benzene rings is 2. The third-order valence-electron chi connectivity index (χ3n) is 5.60. The van der Waals surface area contributed by atoms with E-state index in [0.29, 0.717) is 5.39 Å². The zero-order valence-electron chi connectivity index (χ0n) is 18.7. The van der Waals surface area contributed by atoms with Gasteiger partial charge in [-0.05, 0) is 29.7 Å². The number of carbonyl (C=O) groups excluding carboxylic acids is 2. The Kier molecular flexibility index (Phi) is 6.44. The number of nitrogens with one attached hydrogen (secondary N) is 1. The summed E-state index contributed by atoms with van der Waals surface area (Å²) in [6.07, 6.45) is -8.08. The van der Waals surface area contributed by atoms with E-state index in [2.05, 4.69) is 4.98 Å². The lowest BCUT2D eigenvalue weighted by molar-refractivity contribution is -0.164. The quantitative estimate of drug-likeness (QED) is 0.487. The van der Waals surface area contributed by atoms with Crippen molar-refractivity contribution in [2.24, 2.45) is 0 Å². The predicted octanol–water partition coefficient (Wildman–Crippen LogP) is 3.95. The van der Waals surface area contributed by atoms with E-state index in [1.54, 1.807) is 0 Å². The molecule has 2 N–H and O–H groups in total. The van der Waals surface area contributed by atoms with Crippen LogP contribution in [0, 0.1) is 0 Å². The average Bonchev–Trinajstić information content (AvgIpc) is 3.17. The lowest BCUT2D eigenvalue weighted by atomic mass is 10.0. The monoisotopic (exact) mass is 504 g/mol. The van der Waals surface area contributed by atoms with Crippen LogP contribution in [0.15, 0.2) is 53.3 Å². The van der Waals surface area contributed by atoms with Crippen LogP contribution in [0.1, 0.15) is 18.9 Å². The number of cyclic esters (lactones) is 1. The van der Waals surface area contributed by atoms with E-state index in [1.165, 1.54) is 47.4 Å². The molecular weight excluding hydrogens is 485 g/mol. The number of halogens is 3. The van der Waals surface area contributed by atoms with E-state index in [1.807, 2.05) is 0 Å². The number of hydrogen-bond donors (Lipinski definition) is 2. The molecule has 1 unspecified atom stereocenters. The minimum atomic E-state index is -4.62. The number of H-pyrrole nitrogens is 1. The van der Waals surface area contributed by atoms with Gasteiger partial charge in [0.15, 0.2) is 0 Å². The zero-order valence-corrected chi connectivity index (χ0v) is 18.7. The maximum Gasteiger partial charge on any atom is 0.417 e. The molecule has 0 radical (unpaired) electrons. The van der Waals surface area contributed by atoms with E-state index < -0.39 is 47.5 Å². The molecule has 1 amide bonds. The molecular formula is C24H19F3N2O7. The number of anilines is 1. The standard InChI is InChI=1S/C24H19F3N2O7/c1-12(30)35-20(22(32)33)10-15-11-29(23(34)36-15)14-7-6-13-8-19(28-21(31)17(13)9-14)16-4-2-3-5-18(16)24(25,26)27/h2-9,15,20H,10-11H2,1H3,(H,28,31)(H,32,33)/t15?,20-/m0/s1. The van der Waals surface area contributed by atoms with E-state index in [-0.39, 0.29) is 35.3 Å². The molecule has 12 heteroatoms. The largest absolute Gasteiger partial charge is 0.479 e. The Morgan fingerprint density at radius 2 is 1.92 bits per heavy atom. The van der Waals surface area contributed by atoms with Crippen LogP contribution < -0.4 is 10.5 Å². The summed E-state index contributed by atoms with van der Waals surface area (Å²) in [7, 11) is 0. The van der Waals surface area contributed by atoms with Crippen molar-refractivity contribution in [2.75, 3.05) is 11.4 Å². The van der Waals surface area contributed by atoms with Crippen molar-refractivity contribution in [2.45, 2.75) is 31.7 Å². The summed E-state index contributed by atoms with van der Waals surface area (Å²) in [5.74, 6) is -2.19. The van der Waals surface area contributed by atoms with Gasteiger partial charge < -0.3 is 19.6 Å². The Morgan fingerprint density at radius 3 is 2.58 bits per heavy atom. The van der Waals surface area contributed by atoms with Gasteiger partial charge in [-0.15, -0.1) is 0 Å². The number of fused-ring (bicyclic) bond motifs is 1. The highest BCUT2D eigenvalue weighted by molar-refractivity contribution is 5.95. The number of aliphatic carboxylic acids is 1. The van der Waals surface area contributed by atoms with Crippen molar-refractivity contribution in [3.8, 4) is 11.3 Å². The van der Waals surface area contributed by atoms with Crippen LogP contribution in [-0.4, -0.2) is 46.9 Å². The summed E-state index contributed by atoms with van der Waals surface area (Å²) in [5.41, 5.74) is -1.48. The summed E-state index contributed by atoms with van der Waals surface area (Å²) in [5, 5.41) is 9.69. The number of pyridine rings is 1. The molecule has 0 bridgehead atoms.